The van der Waals surface area contributed by atoms with Crippen LogP contribution < -0.4 is 15.4 Å². The number of rotatable bonds is 8. The van der Waals surface area contributed by atoms with E-state index in [1.54, 1.807) is 7.11 Å². The van der Waals surface area contributed by atoms with Crippen molar-refractivity contribution in [2.75, 3.05) is 18.2 Å². The number of aromatic nitrogens is 2. The Hall–Kier alpha value is -1.80. The SMILES string of the molecule is COc1cccc(Nc2nnc(SCC(=O)N[C@@H](C)[C@H]3C[C@H]4CC[C@H]3C4)s2)c1. The van der Waals surface area contributed by atoms with E-state index in [1.807, 2.05) is 24.3 Å². The molecule has 6 nitrogen and oxygen atoms in total. The number of carbonyl (C=O) groups excluding carboxylic acids is 1. The van der Waals surface area contributed by atoms with Crippen molar-refractivity contribution in [2.45, 2.75) is 43.0 Å². The second-order valence-electron chi connectivity index (χ2n) is 7.71. The molecule has 0 unspecified atom stereocenters. The maximum Gasteiger partial charge on any atom is 0.230 e. The predicted octanol–water partition coefficient (Wildman–Crippen LogP) is 4.32. The maximum absolute atomic E-state index is 12.4. The van der Waals surface area contributed by atoms with Crippen molar-refractivity contribution in [1.29, 1.82) is 0 Å². The van der Waals surface area contributed by atoms with Gasteiger partial charge in [0.05, 0.1) is 12.9 Å². The summed E-state index contributed by atoms with van der Waals surface area (Å²) >= 11 is 2.88. The quantitative estimate of drug-likeness (QED) is 0.622. The number of amides is 1. The van der Waals surface area contributed by atoms with Gasteiger partial charge >= 0.3 is 0 Å². The number of thioether (sulfide) groups is 1. The van der Waals surface area contributed by atoms with Crippen LogP contribution in [-0.2, 0) is 4.79 Å². The van der Waals surface area contributed by atoms with Crippen LogP contribution in [-0.4, -0.2) is 35.0 Å². The van der Waals surface area contributed by atoms with E-state index in [0.717, 1.165) is 27.6 Å². The van der Waals surface area contributed by atoms with Crippen LogP contribution >= 0.6 is 23.1 Å². The van der Waals surface area contributed by atoms with Crippen molar-refractivity contribution in [3.63, 3.8) is 0 Å². The Labute approximate surface area is 173 Å². The fraction of sp³-hybridized carbons (Fsp3) is 0.550. The van der Waals surface area contributed by atoms with Gasteiger partial charge in [0.15, 0.2) is 4.34 Å². The zero-order valence-corrected chi connectivity index (χ0v) is 17.8. The zero-order valence-electron chi connectivity index (χ0n) is 16.2. The molecule has 2 aromatic rings. The summed E-state index contributed by atoms with van der Waals surface area (Å²) in [5.74, 6) is 3.62. The number of anilines is 2. The highest BCUT2D eigenvalue weighted by Crippen LogP contribution is 2.49. The van der Waals surface area contributed by atoms with E-state index >= 15 is 0 Å². The van der Waals surface area contributed by atoms with Gasteiger partial charge in [-0.25, -0.2) is 0 Å². The molecule has 1 heterocycles. The van der Waals surface area contributed by atoms with Gasteiger partial charge in [0.1, 0.15) is 5.75 Å². The Balaban J connectivity index is 1.24. The Morgan fingerprint density at radius 2 is 2.25 bits per heavy atom. The van der Waals surface area contributed by atoms with Gasteiger partial charge in [0.25, 0.3) is 0 Å². The fourth-order valence-electron chi connectivity index (χ4n) is 4.58. The first-order valence-electron chi connectivity index (χ1n) is 9.77. The van der Waals surface area contributed by atoms with Crippen molar-refractivity contribution in [3.05, 3.63) is 24.3 Å². The summed E-state index contributed by atoms with van der Waals surface area (Å²) in [6, 6.07) is 7.92. The topological polar surface area (TPSA) is 76.1 Å². The van der Waals surface area contributed by atoms with E-state index in [4.69, 9.17) is 4.74 Å². The summed E-state index contributed by atoms with van der Waals surface area (Å²) in [5.41, 5.74) is 0.893. The molecule has 2 aliphatic rings. The molecular weight excluding hydrogens is 392 g/mol. The molecule has 2 fully saturated rings. The molecule has 0 aliphatic heterocycles. The van der Waals surface area contributed by atoms with Gasteiger partial charge in [0, 0.05) is 17.8 Å². The van der Waals surface area contributed by atoms with Crippen LogP contribution in [0.1, 0.15) is 32.6 Å². The summed E-state index contributed by atoms with van der Waals surface area (Å²) in [6.07, 6.45) is 5.39. The summed E-state index contributed by atoms with van der Waals surface area (Å²) in [5, 5.41) is 15.5. The second-order valence-corrected chi connectivity index (χ2v) is 9.91. The molecule has 28 heavy (non-hydrogen) atoms. The standard InChI is InChI=1S/C20H26N4O2S2/c1-12(17-9-13-6-7-14(17)8-13)21-18(25)11-27-20-24-23-19(28-20)22-15-4-3-5-16(10-15)26-2/h3-5,10,12-14,17H,6-9,11H2,1-2H3,(H,21,25)(H,22,23)/t12-,13-,14-,17+/m0/s1. The largest absolute Gasteiger partial charge is 0.497 e. The molecule has 1 amide bonds. The third kappa shape index (κ3) is 4.60. The number of carbonyl (C=O) groups is 1. The fourth-order valence-corrected chi connectivity index (χ4v) is 6.16. The van der Waals surface area contributed by atoms with Crippen LogP contribution in [0.3, 0.4) is 0 Å². The van der Waals surface area contributed by atoms with Gasteiger partial charge < -0.3 is 15.4 Å². The highest BCUT2D eigenvalue weighted by Gasteiger charge is 2.42. The number of benzene rings is 1. The first-order chi connectivity index (χ1) is 13.6. The lowest BCUT2D eigenvalue weighted by atomic mass is 9.84. The van der Waals surface area contributed by atoms with E-state index in [-0.39, 0.29) is 11.9 Å². The summed E-state index contributed by atoms with van der Waals surface area (Å²) in [7, 11) is 1.64. The Morgan fingerprint density at radius 3 is 3.00 bits per heavy atom. The Kier molecular flexibility index (Phi) is 6.06. The minimum Gasteiger partial charge on any atom is -0.497 e. The zero-order chi connectivity index (χ0) is 19.5. The third-order valence-electron chi connectivity index (χ3n) is 5.88. The third-order valence-corrected chi connectivity index (χ3v) is 7.85. The number of hydrogen-bond donors (Lipinski definition) is 2. The van der Waals surface area contributed by atoms with Crippen LogP contribution in [0, 0.1) is 17.8 Å². The number of hydrogen-bond acceptors (Lipinski definition) is 7. The van der Waals surface area contributed by atoms with Crippen molar-refractivity contribution >= 4 is 39.8 Å². The summed E-state index contributed by atoms with van der Waals surface area (Å²) < 4.78 is 6.01. The molecule has 1 aromatic heterocycles. The van der Waals surface area contributed by atoms with Gasteiger partial charge in [-0.2, -0.15) is 0 Å². The number of nitrogens with one attached hydrogen (secondary N) is 2. The molecule has 2 saturated carbocycles. The molecule has 150 valence electrons. The molecule has 4 atom stereocenters. The molecule has 0 saturated heterocycles. The van der Waals surface area contributed by atoms with Crippen LogP contribution in [0.15, 0.2) is 28.6 Å². The van der Waals surface area contributed by atoms with Gasteiger partial charge in [-0.15, -0.1) is 10.2 Å². The van der Waals surface area contributed by atoms with Crippen LogP contribution in [0.2, 0.25) is 0 Å². The molecule has 0 spiro atoms. The first kappa shape index (κ1) is 19.5. The van der Waals surface area contributed by atoms with E-state index in [9.17, 15) is 4.79 Å². The molecule has 2 bridgehead atoms. The van der Waals surface area contributed by atoms with Gasteiger partial charge in [-0.05, 0) is 56.1 Å². The van der Waals surface area contributed by atoms with Crippen molar-refractivity contribution in [1.82, 2.24) is 15.5 Å². The first-order valence-corrected chi connectivity index (χ1v) is 11.6. The van der Waals surface area contributed by atoms with E-state index < -0.39 is 0 Å². The van der Waals surface area contributed by atoms with Crippen LogP contribution in [0.4, 0.5) is 10.8 Å². The number of ether oxygens (including phenoxy) is 1. The molecule has 8 heteroatoms. The summed E-state index contributed by atoms with van der Waals surface area (Å²) in [4.78, 5) is 12.4. The van der Waals surface area contributed by atoms with E-state index in [0.29, 0.717) is 16.8 Å². The lowest BCUT2D eigenvalue weighted by Gasteiger charge is -2.28. The van der Waals surface area contributed by atoms with Crippen LogP contribution in [0.25, 0.3) is 0 Å². The lowest BCUT2D eigenvalue weighted by molar-refractivity contribution is -0.119. The maximum atomic E-state index is 12.4. The van der Waals surface area contributed by atoms with Gasteiger partial charge in [0.2, 0.25) is 11.0 Å². The number of fused-ring (bicyclic) bond motifs is 2. The normalized spacial score (nSPS) is 24.1. The highest BCUT2D eigenvalue weighted by atomic mass is 32.2. The molecule has 2 N–H and O–H groups in total. The average molecular weight is 419 g/mol. The number of methoxy groups -OCH3 is 1. The molecule has 1 aromatic carbocycles. The number of nitrogens with zero attached hydrogens (tertiary/aromatic N) is 2. The van der Waals surface area contributed by atoms with Gasteiger partial charge in [-0.1, -0.05) is 35.6 Å². The Morgan fingerprint density at radius 1 is 1.36 bits per heavy atom. The minimum absolute atomic E-state index is 0.0813. The highest BCUT2D eigenvalue weighted by molar-refractivity contribution is 8.01. The second kappa shape index (κ2) is 8.69. The van der Waals surface area contributed by atoms with E-state index in [2.05, 4.69) is 27.8 Å². The minimum atomic E-state index is 0.0813. The van der Waals surface area contributed by atoms with Gasteiger partial charge in [-0.3, -0.25) is 4.79 Å². The monoisotopic (exact) mass is 418 g/mol. The molecule has 0 radical (unpaired) electrons. The van der Waals surface area contributed by atoms with Crippen molar-refractivity contribution in [2.24, 2.45) is 17.8 Å². The lowest BCUT2D eigenvalue weighted by Crippen LogP contribution is -2.40. The van der Waals surface area contributed by atoms with Crippen molar-refractivity contribution in [3.8, 4) is 5.75 Å². The summed E-state index contributed by atoms with van der Waals surface area (Å²) in [6.45, 7) is 2.16. The molecule has 2 aliphatic carbocycles. The molecule has 4 rings (SSSR count). The average Bonchev–Trinajstić information content (AvgIpc) is 3.44. The smallest absolute Gasteiger partial charge is 0.230 e. The van der Waals surface area contributed by atoms with Crippen LogP contribution in [0.5, 0.6) is 5.75 Å². The molecular formula is C20H26N4O2S2. The van der Waals surface area contributed by atoms with E-state index in [1.165, 1.54) is 48.8 Å². The van der Waals surface area contributed by atoms with Crippen molar-refractivity contribution < 1.29 is 9.53 Å². The predicted molar refractivity (Wildman–Crippen MR) is 113 cm³/mol. The Bertz CT molecular complexity index is 828.